The van der Waals surface area contributed by atoms with Crippen LogP contribution in [0, 0.1) is 11.8 Å². The van der Waals surface area contributed by atoms with Crippen LogP contribution in [0.5, 0.6) is 5.75 Å². The van der Waals surface area contributed by atoms with Gasteiger partial charge in [0, 0.05) is 18.7 Å². The van der Waals surface area contributed by atoms with Gasteiger partial charge in [-0.3, -0.25) is 4.79 Å². The van der Waals surface area contributed by atoms with Gasteiger partial charge in [-0.2, -0.15) is 0 Å². The molecule has 3 rings (SSSR count). The Morgan fingerprint density at radius 2 is 1.71 bits per heavy atom. The summed E-state index contributed by atoms with van der Waals surface area (Å²) in [6, 6.07) is 6.55. The van der Waals surface area contributed by atoms with Gasteiger partial charge in [0.15, 0.2) is 0 Å². The highest BCUT2D eigenvalue weighted by Gasteiger charge is 2.38. The average Bonchev–Trinajstić information content (AvgIpc) is 2.89. The SMILES string of the molecule is O=C(c1ccc(O)cc1)N1CC2CCCC2C1. The third kappa shape index (κ3) is 1.90. The molecule has 0 aromatic heterocycles. The van der Waals surface area contributed by atoms with Crippen LogP contribution in [0.2, 0.25) is 0 Å². The first-order valence-electron chi connectivity index (χ1n) is 6.32. The number of benzene rings is 1. The topological polar surface area (TPSA) is 40.5 Å². The molecule has 17 heavy (non-hydrogen) atoms. The van der Waals surface area contributed by atoms with Crippen LogP contribution in [0.25, 0.3) is 0 Å². The zero-order chi connectivity index (χ0) is 11.8. The molecule has 3 nitrogen and oxygen atoms in total. The molecule has 0 bridgehead atoms. The minimum absolute atomic E-state index is 0.111. The molecule has 2 atom stereocenters. The quantitative estimate of drug-likeness (QED) is 0.805. The van der Waals surface area contributed by atoms with Gasteiger partial charge < -0.3 is 10.0 Å². The normalized spacial score (nSPS) is 27.2. The number of carbonyl (C=O) groups excluding carboxylic acids is 1. The molecule has 2 aliphatic rings. The van der Waals surface area contributed by atoms with Crippen molar-refractivity contribution in [2.24, 2.45) is 11.8 Å². The highest BCUT2D eigenvalue weighted by molar-refractivity contribution is 5.94. The molecule has 1 aliphatic carbocycles. The van der Waals surface area contributed by atoms with E-state index in [0.29, 0.717) is 5.56 Å². The average molecular weight is 231 g/mol. The molecule has 2 fully saturated rings. The summed E-state index contributed by atoms with van der Waals surface area (Å²) in [5.41, 5.74) is 0.683. The predicted molar refractivity (Wildman–Crippen MR) is 64.8 cm³/mol. The van der Waals surface area contributed by atoms with Crippen molar-refractivity contribution in [3.63, 3.8) is 0 Å². The smallest absolute Gasteiger partial charge is 0.253 e. The molecular weight excluding hydrogens is 214 g/mol. The third-order valence-electron chi connectivity index (χ3n) is 4.13. The molecule has 1 amide bonds. The number of likely N-dealkylation sites (tertiary alicyclic amines) is 1. The molecule has 0 spiro atoms. The summed E-state index contributed by atoms with van der Waals surface area (Å²) in [4.78, 5) is 14.2. The molecule has 1 saturated heterocycles. The zero-order valence-corrected chi connectivity index (χ0v) is 9.80. The van der Waals surface area contributed by atoms with E-state index in [0.717, 1.165) is 24.9 Å². The lowest BCUT2D eigenvalue weighted by molar-refractivity contribution is 0.0780. The van der Waals surface area contributed by atoms with E-state index in [4.69, 9.17) is 0 Å². The van der Waals surface area contributed by atoms with Crippen molar-refractivity contribution in [3.8, 4) is 5.75 Å². The number of phenolic OH excluding ortho intramolecular Hbond substituents is 1. The number of hydrogen-bond acceptors (Lipinski definition) is 2. The largest absolute Gasteiger partial charge is 0.508 e. The van der Waals surface area contributed by atoms with Crippen molar-refractivity contribution in [1.29, 1.82) is 0 Å². The van der Waals surface area contributed by atoms with E-state index in [9.17, 15) is 9.90 Å². The van der Waals surface area contributed by atoms with E-state index >= 15 is 0 Å². The highest BCUT2D eigenvalue weighted by atomic mass is 16.3. The molecule has 1 aliphatic heterocycles. The summed E-state index contributed by atoms with van der Waals surface area (Å²) >= 11 is 0. The molecule has 2 unspecified atom stereocenters. The number of nitrogens with zero attached hydrogens (tertiary/aromatic N) is 1. The van der Waals surface area contributed by atoms with Crippen LogP contribution in [0.3, 0.4) is 0 Å². The lowest BCUT2D eigenvalue weighted by Crippen LogP contribution is -2.29. The first kappa shape index (κ1) is 10.6. The summed E-state index contributed by atoms with van der Waals surface area (Å²) in [5, 5.41) is 9.21. The van der Waals surface area contributed by atoms with E-state index in [1.54, 1.807) is 24.3 Å². The second-order valence-corrected chi connectivity index (χ2v) is 5.21. The van der Waals surface area contributed by atoms with Gasteiger partial charge in [-0.25, -0.2) is 0 Å². The summed E-state index contributed by atoms with van der Waals surface area (Å²) in [6.45, 7) is 1.84. The maximum Gasteiger partial charge on any atom is 0.253 e. The Bertz CT molecular complexity index is 414. The summed E-state index contributed by atoms with van der Waals surface area (Å²) in [6.07, 6.45) is 3.89. The third-order valence-corrected chi connectivity index (χ3v) is 4.13. The number of hydrogen-bond donors (Lipinski definition) is 1. The number of rotatable bonds is 1. The molecule has 1 aromatic rings. The molecule has 3 heteroatoms. The predicted octanol–water partition coefficient (Wildman–Crippen LogP) is 2.26. The van der Waals surface area contributed by atoms with Crippen LogP contribution in [0.4, 0.5) is 0 Å². The number of aromatic hydroxyl groups is 1. The van der Waals surface area contributed by atoms with Crippen LogP contribution in [0.15, 0.2) is 24.3 Å². The van der Waals surface area contributed by atoms with Gasteiger partial charge >= 0.3 is 0 Å². The van der Waals surface area contributed by atoms with E-state index in [1.807, 2.05) is 4.90 Å². The van der Waals surface area contributed by atoms with Crippen molar-refractivity contribution in [1.82, 2.24) is 4.90 Å². The molecule has 1 aromatic carbocycles. The van der Waals surface area contributed by atoms with Gasteiger partial charge in [0.1, 0.15) is 5.75 Å². The van der Waals surface area contributed by atoms with Crippen LogP contribution in [-0.2, 0) is 0 Å². The minimum Gasteiger partial charge on any atom is -0.508 e. The maximum absolute atomic E-state index is 12.2. The maximum atomic E-state index is 12.2. The van der Waals surface area contributed by atoms with Gasteiger partial charge in [-0.1, -0.05) is 6.42 Å². The van der Waals surface area contributed by atoms with Crippen LogP contribution >= 0.6 is 0 Å². The van der Waals surface area contributed by atoms with Crippen molar-refractivity contribution < 1.29 is 9.90 Å². The Kier molecular flexibility index (Phi) is 2.54. The molecule has 90 valence electrons. The van der Waals surface area contributed by atoms with Crippen LogP contribution < -0.4 is 0 Å². The first-order valence-corrected chi connectivity index (χ1v) is 6.32. The Labute approximate surface area is 101 Å². The number of phenols is 1. The second kappa shape index (κ2) is 4.06. The number of amides is 1. The highest BCUT2D eigenvalue weighted by Crippen LogP contribution is 2.38. The van der Waals surface area contributed by atoms with Gasteiger partial charge in [0.05, 0.1) is 0 Å². The summed E-state index contributed by atoms with van der Waals surface area (Å²) in [5.74, 6) is 1.78. The van der Waals surface area contributed by atoms with Crippen molar-refractivity contribution in [2.75, 3.05) is 13.1 Å². The Hall–Kier alpha value is -1.51. The molecular formula is C14H17NO2. The molecule has 1 saturated carbocycles. The van der Waals surface area contributed by atoms with Gasteiger partial charge in [0.25, 0.3) is 5.91 Å². The van der Waals surface area contributed by atoms with Crippen molar-refractivity contribution in [2.45, 2.75) is 19.3 Å². The first-order chi connectivity index (χ1) is 8.24. The van der Waals surface area contributed by atoms with E-state index in [-0.39, 0.29) is 11.7 Å². The minimum atomic E-state index is 0.111. The lowest BCUT2D eigenvalue weighted by Gasteiger charge is -2.17. The summed E-state index contributed by atoms with van der Waals surface area (Å²) in [7, 11) is 0. The Balaban J connectivity index is 1.73. The fourth-order valence-corrected chi connectivity index (χ4v) is 3.19. The summed E-state index contributed by atoms with van der Waals surface area (Å²) < 4.78 is 0. The van der Waals surface area contributed by atoms with Crippen LogP contribution in [0.1, 0.15) is 29.6 Å². The monoisotopic (exact) mass is 231 g/mol. The second-order valence-electron chi connectivity index (χ2n) is 5.21. The van der Waals surface area contributed by atoms with E-state index in [1.165, 1.54) is 19.3 Å². The fraction of sp³-hybridized carbons (Fsp3) is 0.500. The van der Waals surface area contributed by atoms with Crippen LogP contribution in [-0.4, -0.2) is 29.0 Å². The number of carbonyl (C=O) groups is 1. The number of fused-ring (bicyclic) bond motifs is 1. The standard InChI is InChI=1S/C14H17NO2/c16-13-6-4-10(5-7-13)14(17)15-8-11-2-1-3-12(11)9-15/h4-7,11-12,16H,1-3,8-9H2. The van der Waals surface area contributed by atoms with E-state index < -0.39 is 0 Å². The Morgan fingerprint density at radius 3 is 2.29 bits per heavy atom. The van der Waals surface area contributed by atoms with E-state index in [2.05, 4.69) is 0 Å². The van der Waals surface area contributed by atoms with Crippen molar-refractivity contribution in [3.05, 3.63) is 29.8 Å². The van der Waals surface area contributed by atoms with Gasteiger partial charge in [-0.05, 0) is 48.9 Å². The molecule has 1 N–H and O–H groups in total. The van der Waals surface area contributed by atoms with Crippen molar-refractivity contribution >= 4 is 5.91 Å². The molecule has 1 heterocycles. The lowest BCUT2D eigenvalue weighted by atomic mass is 10.0. The van der Waals surface area contributed by atoms with Gasteiger partial charge in [0.2, 0.25) is 0 Å². The fourth-order valence-electron chi connectivity index (χ4n) is 3.19. The zero-order valence-electron chi connectivity index (χ0n) is 9.80. The Morgan fingerprint density at radius 1 is 1.12 bits per heavy atom. The molecule has 0 radical (unpaired) electrons. The van der Waals surface area contributed by atoms with Gasteiger partial charge in [-0.15, -0.1) is 0 Å².